The van der Waals surface area contributed by atoms with Crippen LogP contribution in [0.1, 0.15) is 67.7 Å². The van der Waals surface area contributed by atoms with Crippen LogP contribution in [0, 0.1) is 0 Å². The molecule has 1 aliphatic rings. The Morgan fingerprint density at radius 2 is 1.50 bits per heavy atom. The van der Waals surface area contributed by atoms with Crippen LogP contribution >= 0.6 is 0 Å². The first kappa shape index (κ1) is 19.1. The van der Waals surface area contributed by atoms with Crippen molar-refractivity contribution in [3.63, 3.8) is 0 Å². The van der Waals surface area contributed by atoms with Gasteiger partial charge in [-0.1, -0.05) is 72.3 Å². The minimum atomic E-state index is 1.23. The van der Waals surface area contributed by atoms with Gasteiger partial charge in [0.1, 0.15) is 0 Å². The maximum Gasteiger partial charge on any atom is -0.0282 e. The van der Waals surface area contributed by atoms with E-state index in [1.54, 1.807) is 5.57 Å². The Labute approximate surface area is 92.1 Å². The summed E-state index contributed by atoms with van der Waals surface area (Å²) in [5.74, 6) is 0. The zero-order chi connectivity index (χ0) is 11.8. The molecule has 0 heterocycles. The summed E-state index contributed by atoms with van der Waals surface area (Å²) in [4.78, 5) is 0. The maximum absolute atomic E-state index is 2.23. The van der Waals surface area contributed by atoms with Gasteiger partial charge in [-0.15, -0.1) is 0 Å². The molecule has 0 aromatic carbocycles. The molecule has 0 amide bonds. The minimum Gasteiger partial charge on any atom is -0.0842 e. The topological polar surface area (TPSA) is 0 Å². The SMILES string of the molecule is CC.CC.CC.CCC1=CC=CCC1. The van der Waals surface area contributed by atoms with Gasteiger partial charge < -0.3 is 0 Å². The van der Waals surface area contributed by atoms with Crippen molar-refractivity contribution in [3.05, 3.63) is 23.8 Å². The van der Waals surface area contributed by atoms with Gasteiger partial charge in [0.05, 0.1) is 0 Å². The number of rotatable bonds is 1. The normalized spacial score (nSPS) is 11.8. The van der Waals surface area contributed by atoms with Gasteiger partial charge in [0.2, 0.25) is 0 Å². The third-order valence-corrected chi connectivity index (χ3v) is 1.55. The first-order chi connectivity index (χ1) is 6.93. The second-order valence-corrected chi connectivity index (χ2v) is 2.15. The smallest absolute Gasteiger partial charge is 0.0282 e. The molecule has 0 bridgehead atoms. The summed E-state index contributed by atoms with van der Waals surface area (Å²) in [5.41, 5.74) is 1.59. The first-order valence-electron chi connectivity index (χ1n) is 6.28. The highest BCUT2D eigenvalue weighted by Gasteiger charge is 1.93. The molecule has 1 aliphatic carbocycles. The van der Waals surface area contributed by atoms with E-state index in [0.717, 1.165) is 0 Å². The lowest BCUT2D eigenvalue weighted by atomic mass is 10.0. The first-order valence-corrected chi connectivity index (χ1v) is 6.28. The van der Waals surface area contributed by atoms with Crippen molar-refractivity contribution in [3.8, 4) is 0 Å². The lowest BCUT2D eigenvalue weighted by Gasteiger charge is -2.03. The third kappa shape index (κ3) is 14.0. The van der Waals surface area contributed by atoms with E-state index in [0.29, 0.717) is 0 Å². The molecule has 0 aromatic heterocycles. The van der Waals surface area contributed by atoms with E-state index in [9.17, 15) is 0 Å². The van der Waals surface area contributed by atoms with Crippen LogP contribution < -0.4 is 0 Å². The maximum atomic E-state index is 2.23. The second-order valence-electron chi connectivity index (χ2n) is 2.15. The molecule has 0 fully saturated rings. The van der Waals surface area contributed by atoms with E-state index in [2.05, 4.69) is 25.2 Å². The van der Waals surface area contributed by atoms with E-state index < -0.39 is 0 Å². The van der Waals surface area contributed by atoms with E-state index >= 15 is 0 Å². The largest absolute Gasteiger partial charge is 0.0842 e. The quantitative estimate of drug-likeness (QED) is 0.503. The van der Waals surface area contributed by atoms with Crippen molar-refractivity contribution < 1.29 is 0 Å². The highest BCUT2D eigenvalue weighted by Crippen LogP contribution is 2.13. The standard InChI is InChI=1S/C8H12.3C2H6/c1-2-8-6-4-3-5-7-8;3*1-2/h3-4,6H,2,5,7H2,1H3;3*1-2H3. The fourth-order valence-electron chi connectivity index (χ4n) is 0.947. The summed E-state index contributed by atoms with van der Waals surface area (Å²) < 4.78 is 0. The van der Waals surface area contributed by atoms with Gasteiger partial charge in [-0.2, -0.15) is 0 Å². The molecule has 14 heavy (non-hydrogen) atoms. The molecular formula is C14H30. The Balaban J connectivity index is -0.000000174. The lowest BCUT2D eigenvalue weighted by molar-refractivity contribution is 0.895. The Kier molecular flexibility index (Phi) is 31.2. The van der Waals surface area contributed by atoms with Crippen LogP contribution in [-0.2, 0) is 0 Å². The Bertz CT molecular complexity index is 118. The van der Waals surface area contributed by atoms with Crippen LogP contribution in [0.3, 0.4) is 0 Å². The Morgan fingerprint density at radius 1 is 1.00 bits per heavy atom. The van der Waals surface area contributed by atoms with Crippen LogP contribution in [0.2, 0.25) is 0 Å². The molecule has 0 saturated carbocycles. The van der Waals surface area contributed by atoms with Crippen molar-refractivity contribution >= 4 is 0 Å². The monoisotopic (exact) mass is 198 g/mol. The second kappa shape index (κ2) is 22.9. The highest BCUT2D eigenvalue weighted by molar-refractivity contribution is 5.16. The van der Waals surface area contributed by atoms with Gasteiger partial charge in [-0.25, -0.2) is 0 Å². The fraction of sp³-hybridized carbons (Fsp3) is 0.714. The summed E-state index contributed by atoms with van der Waals surface area (Å²) >= 11 is 0. The van der Waals surface area contributed by atoms with Crippen LogP contribution in [0.15, 0.2) is 23.8 Å². The molecule has 0 nitrogen and oxygen atoms in total. The van der Waals surface area contributed by atoms with Crippen LogP contribution in [0.4, 0.5) is 0 Å². The molecule has 0 aliphatic heterocycles. The van der Waals surface area contributed by atoms with E-state index in [1.165, 1.54) is 19.3 Å². The molecule has 0 saturated heterocycles. The molecule has 0 spiro atoms. The van der Waals surface area contributed by atoms with Crippen LogP contribution in [0.5, 0.6) is 0 Å². The molecule has 1 rings (SSSR count). The Morgan fingerprint density at radius 3 is 1.71 bits per heavy atom. The zero-order valence-electron chi connectivity index (χ0n) is 11.4. The highest BCUT2D eigenvalue weighted by atomic mass is 14.0. The van der Waals surface area contributed by atoms with E-state index in [-0.39, 0.29) is 0 Å². The van der Waals surface area contributed by atoms with Gasteiger partial charge in [-0.3, -0.25) is 0 Å². The summed E-state index contributed by atoms with van der Waals surface area (Å²) in [6.07, 6.45) is 10.4. The molecule has 86 valence electrons. The molecule has 0 unspecified atom stereocenters. The van der Waals surface area contributed by atoms with Crippen molar-refractivity contribution in [1.82, 2.24) is 0 Å². The molecule has 0 N–H and O–H groups in total. The van der Waals surface area contributed by atoms with E-state index in [4.69, 9.17) is 0 Å². The average molecular weight is 198 g/mol. The summed E-state index contributed by atoms with van der Waals surface area (Å²) in [7, 11) is 0. The zero-order valence-corrected chi connectivity index (χ0v) is 11.4. The van der Waals surface area contributed by atoms with Crippen LogP contribution in [-0.4, -0.2) is 0 Å². The lowest BCUT2D eigenvalue weighted by Crippen LogP contribution is -1.83. The summed E-state index contributed by atoms with van der Waals surface area (Å²) in [6.45, 7) is 14.2. The molecule has 0 radical (unpaired) electrons. The molecule has 0 heteroatoms. The number of hydrogen-bond acceptors (Lipinski definition) is 0. The van der Waals surface area contributed by atoms with Crippen molar-refractivity contribution in [1.29, 1.82) is 0 Å². The van der Waals surface area contributed by atoms with Gasteiger partial charge in [-0.05, 0) is 19.3 Å². The number of hydrogen-bond donors (Lipinski definition) is 0. The van der Waals surface area contributed by atoms with Gasteiger partial charge in [0.15, 0.2) is 0 Å². The predicted molar refractivity (Wildman–Crippen MR) is 70.8 cm³/mol. The van der Waals surface area contributed by atoms with Crippen LogP contribution in [0.25, 0.3) is 0 Å². The number of allylic oxidation sites excluding steroid dienone is 4. The third-order valence-electron chi connectivity index (χ3n) is 1.55. The van der Waals surface area contributed by atoms with Crippen molar-refractivity contribution in [2.24, 2.45) is 0 Å². The van der Waals surface area contributed by atoms with Crippen molar-refractivity contribution in [2.45, 2.75) is 67.7 Å². The van der Waals surface area contributed by atoms with Gasteiger partial charge in [0, 0.05) is 0 Å². The van der Waals surface area contributed by atoms with Gasteiger partial charge in [0.25, 0.3) is 0 Å². The predicted octanol–water partition coefficient (Wildman–Crippen LogP) is 5.75. The van der Waals surface area contributed by atoms with Gasteiger partial charge >= 0.3 is 0 Å². The average Bonchev–Trinajstić information content (AvgIpc) is 2.37. The summed E-state index contributed by atoms with van der Waals surface area (Å²) in [5, 5.41) is 0. The van der Waals surface area contributed by atoms with Crippen molar-refractivity contribution in [2.75, 3.05) is 0 Å². The molecular weight excluding hydrogens is 168 g/mol. The minimum absolute atomic E-state index is 1.23. The van der Waals surface area contributed by atoms with E-state index in [1.807, 2.05) is 41.5 Å². The fourth-order valence-corrected chi connectivity index (χ4v) is 0.947. The summed E-state index contributed by atoms with van der Waals surface area (Å²) in [6, 6.07) is 0. The Hall–Kier alpha value is -0.520. The molecule has 0 aromatic rings. The molecule has 0 atom stereocenters.